The average molecular weight is 292 g/mol. The minimum Gasteiger partial charge on any atom is -0.383 e. The van der Waals surface area contributed by atoms with Crippen LogP contribution in [0.1, 0.15) is 12.6 Å². The molecule has 0 bridgehead atoms. The minimum atomic E-state index is -4.55. The second-order valence-corrected chi connectivity index (χ2v) is 3.91. The van der Waals surface area contributed by atoms with E-state index in [1.165, 1.54) is 14.0 Å². The van der Waals surface area contributed by atoms with E-state index in [4.69, 9.17) is 4.74 Å². The Bertz CT molecular complexity index is 454. The first-order valence-corrected chi connectivity index (χ1v) is 5.78. The van der Waals surface area contributed by atoms with Crippen LogP contribution in [-0.2, 0) is 15.7 Å². The SMILES string of the molecule is COCCNC(=O)C(C)Nc1nccc(C(F)(F)F)n1. The lowest BCUT2D eigenvalue weighted by Crippen LogP contribution is -2.39. The van der Waals surface area contributed by atoms with Gasteiger partial charge in [0.25, 0.3) is 0 Å². The van der Waals surface area contributed by atoms with Crippen molar-refractivity contribution in [3.05, 3.63) is 18.0 Å². The number of nitrogens with zero attached hydrogens (tertiary/aromatic N) is 2. The smallest absolute Gasteiger partial charge is 0.383 e. The van der Waals surface area contributed by atoms with Gasteiger partial charge in [0.2, 0.25) is 11.9 Å². The Balaban J connectivity index is 2.62. The zero-order chi connectivity index (χ0) is 15.2. The van der Waals surface area contributed by atoms with Gasteiger partial charge >= 0.3 is 6.18 Å². The van der Waals surface area contributed by atoms with Crippen LogP contribution in [0.4, 0.5) is 19.1 Å². The molecule has 0 spiro atoms. The summed E-state index contributed by atoms with van der Waals surface area (Å²) >= 11 is 0. The van der Waals surface area contributed by atoms with Crippen LogP contribution in [0.25, 0.3) is 0 Å². The van der Waals surface area contributed by atoms with E-state index >= 15 is 0 Å². The molecule has 1 aromatic rings. The monoisotopic (exact) mass is 292 g/mol. The van der Waals surface area contributed by atoms with Gasteiger partial charge < -0.3 is 15.4 Å². The van der Waals surface area contributed by atoms with Gasteiger partial charge in [0, 0.05) is 19.9 Å². The van der Waals surface area contributed by atoms with Crippen molar-refractivity contribution < 1.29 is 22.7 Å². The van der Waals surface area contributed by atoms with Gasteiger partial charge in [-0.1, -0.05) is 0 Å². The van der Waals surface area contributed by atoms with Gasteiger partial charge in [-0.05, 0) is 13.0 Å². The van der Waals surface area contributed by atoms with Crippen molar-refractivity contribution in [2.45, 2.75) is 19.1 Å². The number of carbonyl (C=O) groups is 1. The molecule has 0 aliphatic heterocycles. The molecule has 9 heteroatoms. The predicted molar refractivity (Wildman–Crippen MR) is 65.0 cm³/mol. The first-order valence-electron chi connectivity index (χ1n) is 5.78. The van der Waals surface area contributed by atoms with Crippen molar-refractivity contribution in [1.82, 2.24) is 15.3 Å². The van der Waals surface area contributed by atoms with Crippen LogP contribution in [0.2, 0.25) is 0 Å². The highest BCUT2D eigenvalue weighted by Crippen LogP contribution is 2.27. The molecule has 1 amide bonds. The summed E-state index contributed by atoms with van der Waals surface area (Å²) in [6, 6.07) is -0.00977. The second-order valence-electron chi connectivity index (χ2n) is 3.91. The zero-order valence-corrected chi connectivity index (χ0v) is 11.0. The highest BCUT2D eigenvalue weighted by atomic mass is 19.4. The Morgan fingerprint density at radius 3 is 2.80 bits per heavy atom. The molecule has 1 aromatic heterocycles. The number of rotatable bonds is 6. The quantitative estimate of drug-likeness (QED) is 0.767. The molecule has 2 N–H and O–H groups in total. The average Bonchev–Trinajstić information content (AvgIpc) is 2.38. The Hall–Kier alpha value is -1.90. The highest BCUT2D eigenvalue weighted by Gasteiger charge is 2.33. The molecule has 0 saturated carbocycles. The van der Waals surface area contributed by atoms with E-state index in [2.05, 4.69) is 20.6 Å². The van der Waals surface area contributed by atoms with Gasteiger partial charge in [-0.25, -0.2) is 9.97 Å². The van der Waals surface area contributed by atoms with E-state index < -0.39 is 17.9 Å². The molecule has 112 valence electrons. The van der Waals surface area contributed by atoms with Crippen molar-refractivity contribution in [3.63, 3.8) is 0 Å². The number of ether oxygens (including phenoxy) is 1. The number of hydrogen-bond acceptors (Lipinski definition) is 5. The molecule has 1 rings (SSSR count). The summed E-state index contributed by atoms with van der Waals surface area (Å²) in [5.74, 6) is -0.641. The van der Waals surface area contributed by atoms with Crippen molar-refractivity contribution in [2.24, 2.45) is 0 Å². The Morgan fingerprint density at radius 1 is 1.50 bits per heavy atom. The van der Waals surface area contributed by atoms with Gasteiger partial charge in [0.1, 0.15) is 11.7 Å². The number of carbonyl (C=O) groups excluding carboxylic acids is 1. The summed E-state index contributed by atoms with van der Waals surface area (Å²) in [5, 5.41) is 5.05. The number of amides is 1. The zero-order valence-electron chi connectivity index (χ0n) is 11.0. The van der Waals surface area contributed by atoms with Crippen LogP contribution in [0.15, 0.2) is 12.3 Å². The number of alkyl halides is 3. The Morgan fingerprint density at radius 2 is 2.20 bits per heavy atom. The van der Waals surface area contributed by atoms with Crippen LogP contribution in [-0.4, -0.2) is 42.2 Å². The van der Waals surface area contributed by atoms with Gasteiger partial charge in [-0.2, -0.15) is 13.2 Å². The molecule has 0 aliphatic carbocycles. The standard InChI is InChI=1S/C11H15F3N4O2/c1-7(9(19)15-5-6-20-2)17-10-16-4-3-8(18-10)11(12,13)14/h3-4,7H,5-6H2,1-2H3,(H,15,19)(H,16,17,18). The molecule has 0 fully saturated rings. The highest BCUT2D eigenvalue weighted by molar-refractivity contribution is 5.83. The lowest BCUT2D eigenvalue weighted by molar-refractivity contribution is -0.141. The van der Waals surface area contributed by atoms with Crippen molar-refractivity contribution in [1.29, 1.82) is 0 Å². The summed E-state index contributed by atoms with van der Waals surface area (Å²) in [6.45, 7) is 2.15. The third-order valence-electron chi connectivity index (χ3n) is 2.29. The molecule has 0 aliphatic rings. The van der Waals surface area contributed by atoms with Crippen LogP contribution < -0.4 is 10.6 Å². The number of halogens is 3. The largest absolute Gasteiger partial charge is 0.433 e. The van der Waals surface area contributed by atoms with E-state index in [1.807, 2.05) is 0 Å². The Kier molecular flexibility index (Phi) is 5.68. The molecular weight excluding hydrogens is 277 g/mol. The van der Waals surface area contributed by atoms with Gasteiger partial charge in [-0.3, -0.25) is 4.79 Å². The molecule has 1 unspecified atom stereocenters. The van der Waals surface area contributed by atoms with E-state index in [9.17, 15) is 18.0 Å². The van der Waals surface area contributed by atoms with Gasteiger partial charge in [0.05, 0.1) is 6.61 Å². The van der Waals surface area contributed by atoms with Crippen LogP contribution in [0, 0.1) is 0 Å². The second kappa shape index (κ2) is 7.04. The van der Waals surface area contributed by atoms with Crippen LogP contribution in [0.5, 0.6) is 0 Å². The van der Waals surface area contributed by atoms with Gasteiger partial charge in [0.15, 0.2) is 0 Å². The maximum Gasteiger partial charge on any atom is 0.433 e. The predicted octanol–water partition coefficient (Wildman–Crippen LogP) is 1.06. The Labute approximate surface area is 113 Å². The van der Waals surface area contributed by atoms with E-state index in [0.29, 0.717) is 13.2 Å². The maximum atomic E-state index is 12.5. The number of anilines is 1. The fraction of sp³-hybridized carbons (Fsp3) is 0.545. The third kappa shape index (κ3) is 5.00. The number of aromatic nitrogens is 2. The molecular formula is C11H15F3N4O2. The molecule has 1 heterocycles. The third-order valence-corrected chi connectivity index (χ3v) is 2.29. The molecule has 6 nitrogen and oxygen atoms in total. The summed E-state index contributed by atoms with van der Waals surface area (Å²) in [7, 11) is 1.49. The van der Waals surface area contributed by atoms with E-state index in [1.54, 1.807) is 0 Å². The lowest BCUT2D eigenvalue weighted by Gasteiger charge is -2.14. The maximum absolute atomic E-state index is 12.5. The summed E-state index contributed by atoms with van der Waals surface area (Å²) < 4.78 is 42.1. The lowest BCUT2D eigenvalue weighted by atomic mass is 10.3. The normalized spacial score (nSPS) is 12.8. The number of nitrogens with one attached hydrogen (secondary N) is 2. The van der Waals surface area contributed by atoms with Crippen LogP contribution in [0.3, 0.4) is 0 Å². The minimum absolute atomic E-state index is 0.255. The summed E-state index contributed by atoms with van der Waals surface area (Å²) in [6.07, 6.45) is -3.57. The summed E-state index contributed by atoms with van der Waals surface area (Å²) in [5.41, 5.74) is -1.07. The number of hydrogen-bond donors (Lipinski definition) is 2. The van der Waals surface area contributed by atoms with Crippen molar-refractivity contribution >= 4 is 11.9 Å². The molecule has 1 atom stereocenters. The fourth-order valence-corrected chi connectivity index (χ4v) is 1.27. The molecule has 20 heavy (non-hydrogen) atoms. The van der Waals surface area contributed by atoms with Crippen LogP contribution >= 0.6 is 0 Å². The topological polar surface area (TPSA) is 76.1 Å². The van der Waals surface area contributed by atoms with Crippen molar-refractivity contribution in [3.8, 4) is 0 Å². The van der Waals surface area contributed by atoms with E-state index in [0.717, 1.165) is 12.3 Å². The van der Waals surface area contributed by atoms with Crippen molar-refractivity contribution in [2.75, 3.05) is 25.6 Å². The first kappa shape index (κ1) is 16.2. The first-order chi connectivity index (χ1) is 9.34. The molecule has 0 saturated heterocycles. The van der Waals surface area contributed by atoms with Gasteiger partial charge in [-0.15, -0.1) is 0 Å². The molecule has 0 radical (unpaired) electrons. The number of methoxy groups -OCH3 is 1. The summed E-state index contributed by atoms with van der Waals surface area (Å²) in [4.78, 5) is 18.6. The van der Waals surface area contributed by atoms with E-state index in [-0.39, 0.29) is 11.9 Å². The molecule has 0 aromatic carbocycles. The fourth-order valence-electron chi connectivity index (χ4n) is 1.27.